The first-order chi connectivity index (χ1) is 9.38. The molecule has 0 saturated heterocycles. The number of halogens is 3. The molecule has 0 unspecified atom stereocenters. The number of nitrogen functional groups attached to an aromatic ring is 1. The van der Waals surface area contributed by atoms with Gasteiger partial charge in [0.15, 0.2) is 5.82 Å². The third-order valence-corrected chi connectivity index (χ3v) is 3.07. The van der Waals surface area contributed by atoms with Gasteiger partial charge in [-0.3, -0.25) is 0 Å². The molecule has 0 heterocycles. The van der Waals surface area contributed by atoms with E-state index in [0.29, 0.717) is 17.7 Å². The van der Waals surface area contributed by atoms with Crippen LogP contribution in [0, 0.1) is 31.3 Å². The summed E-state index contributed by atoms with van der Waals surface area (Å²) in [6, 6.07) is 5.22. The summed E-state index contributed by atoms with van der Waals surface area (Å²) in [7, 11) is 0. The highest BCUT2D eigenvalue weighted by atomic mass is 19.1. The molecule has 2 aromatic rings. The van der Waals surface area contributed by atoms with Crippen molar-refractivity contribution in [1.29, 1.82) is 0 Å². The molecule has 0 amide bonds. The third-order valence-electron chi connectivity index (χ3n) is 3.07. The summed E-state index contributed by atoms with van der Waals surface area (Å²) in [6.45, 7) is 3.64. The molecule has 0 aliphatic rings. The Bertz CT molecular complexity index is 631. The Morgan fingerprint density at radius 2 is 1.60 bits per heavy atom. The minimum absolute atomic E-state index is 0.137. The van der Waals surface area contributed by atoms with Gasteiger partial charge in [-0.15, -0.1) is 0 Å². The maximum Gasteiger partial charge on any atom is 0.151 e. The molecule has 0 aliphatic heterocycles. The molecule has 3 N–H and O–H groups in total. The first-order valence-electron chi connectivity index (χ1n) is 6.12. The zero-order valence-corrected chi connectivity index (χ0v) is 11.2. The lowest BCUT2D eigenvalue weighted by atomic mass is 10.1. The van der Waals surface area contributed by atoms with Crippen LogP contribution < -0.4 is 11.1 Å². The quantitative estimate of drug-likeness (QED) is 0.836. The van der Waals surface area contributed by atoms with E-state index in [1.54, 1.807) is 26.0 Å². The van der Waals surface area contributed by atoms with Crippen molar-refractivity contribution in [2.45, 2.75) is 20.4 Å². The van der Waals surface area contributed by atoms with Crippen molar-refractivity contribution < 1.29 is 13.2 Å². The van der Waals surface area contributed by atoms with Gasteiger partial charge in [0.2, 0.25) is 0 Å². The van der Waals surface area contributed by atoms with E-state index in [1.165, 1.54) is 0 Å². The van der Waals surface area contributed by atoms with Gasteiger partial charge in [-0.1, -0.05) is 12.1 Å². The lowest BCUT2D eigenvalue weighted by molar-refractivity contribution is 0.587. The van der Waals surface area contributed by atoms with E-state index in [0.717, 1.165) is 17.7 Å². The minimum Gasteiger partial charge on any atom is -0.395 e. The molecule has 5 heteroatoms. The first-order valence-corrected chi connectivity index (χ1v) is 6.12. The van der Waals surface area contributed by atoms with Crippen molar-refractivity contribution in [2.75, 3.05) is 11.1 Å². The number of anilines is 2. The normalized spacial score (nSPS) is 10.7. The van der Waals surface area contributed by atoms with Crippen molar-refractivity contribution in [3.8, 4) is 0 Å². The SMILES string of the molecule is Cc1cc(CNc2cc(F)cc(F)c2N)cc(C)c1F. The second kappa shape index (κ2) is 5.45. The van der Waals surface area contributed by atoms with Crippen LogP contribution >= 0.6 is 0 Å². The van der Waals surface area contributed by atoms with Gasteiger partial charge < -0.3 is 11.1 Å². The minimum atomic E-state index is -0.807. The largest absolute Gasteiger partial charge is 0.395 e. The second-order valence-electron chi connectivity index (χ2n) is 4.75. The third kappa shape index (κ3) is 2.87. The number of hydrogen-bond donors (Lipinski definition) is 2. The molecule has 0 fully saturated rings. The zero-order valence-electron chi connectivity index (χ0n) is 11.2. The summed E-state index contributed by atoms with van der Waals surface area (Å²) >= 11 is 0. The predicted octanol–water partition coefficient (Wildman–Crippen LogP) is 3.92. The van der Waals surface area contributed by atoms with E-state index in [1.807, 2.05) is 0 Å². The molecule has 20 heavy (non-hydrogen) atoms. The van der Waals surface area contributed by atoms with Gasteiger partial charge in [0.05, 0.1) is 11.4 Å². The number of nitrogens with one attached hydrogen (secondary N) is 1. The second-order valence-corrected chi connectivity index (χ2v) is 4.75. The van der Waals surface area contributed by atoms with E-state index < -0.39 is 11.6 Å². The van der Waals surface area contributed by atoms with Crippen LogP contribution in [-0.4, -0.2) is 0 Å². The molecule has 0 atom stereocenters. The predicted molar refractivity (Wildman–Crippen MR) is 74.0 cm³/mol. The van der Waals surface area contributed by atoms with Crippen LogP contribution in [-0.2, 0) is 6.54 Å². The lowest BCUT2D eigenvalue weighted by Gasteiger charge is -2.12. The number of hydrogen-bond acceptors (Lipinski definition) is 2. The zero-order chi connectivity index (χ0) is 14.9. The fourth-order valence-electron chi connectivity index (χ4n) is 2.07. The Balaban J connectivity index is 2.21. The van der Waals surface area contributed by atoms with Crippen molar-refractivity contribution in [3.05, 3.63) is 58.4 Å². The average Bonchev–Trinajstić information content (AvgIpc) is 2.38. The Morgan fingerprint density at radius 1 is 1.00 bits per heavy atom. The molecule has 106 valence electrons. The Hall–Kier alpha value is -2.17. The van der Waals surface area contributed by atoms with Crippen LogP contribution in [0.4, 0.5) is 24.5 Å². The molecule has 0 aromatic heterocycles. The summed E-state index contributed by atoms with van der Waals surface area (Å²) in [6.07, 6.45) is 0. The molecule has 0 radical (unpaired) electrons. The summed E-state index contributed by atoms with van der Waals surface area (Å²) in [4.78, 5) is 0. The molecule has 0 saturated carbocycles. The number of aryl methyl sites for hydroxylation is 2. The van der Waals surface area contributed by atoms with Crippen molar-refractivity contribution in [3.63, 3.8) is 0 Å². The van der Waals surface area contributed by atoms with Gasteiger partial charge in [-0.25, -0.2) is 13.2 Å². The van der Waals surface area contributed by atoms with Crippen LogP contribution in [0.3, 0.4) is 0 Å². The molecule has 0 bridgehead atoms. The van der Waals surface area contributed by atoms with Crippen molar-refractivity contribution in [2.24, 2.45) is 0 Å². The van der Waals surface area contributed by atoms with E-state index in [-0.39, 0.29) is 17.2 Å². The molecule has 0 aliphatic carbocycles. The maximum atomic E-state index is 13.5. The summed E-state index contributed by atoms with van der Waals surface area (Å²) in [5.41, 5.74) is 7.45. The van der Waals surface area contributed by atoms with Gasteiger partial charge >= 0.3 is 0 Å². The van der Waals surface area contributed by atoms with Crippen LogP contribution in [0.25, 0.3) is 0 Å². The van der Waals surface area contributed by atoms with Gasteiger partial charge in [-0.05, 0) is 36.6 Å². The summed E-state index contributed by atoms with van der Waals surface area (Å²) in [5.74, 6) is -1.75. The van der Waals surface area contributed by atoms with Gasteiger partial charge in [0.25, 0.3) is 0 Å². The van der Waals surface area contributed by atoms with Gasteiger partial charge in [-0.2, -0.15) is 0 Å². The molecule has 2 aromatic carbocycles. The highest BCUT2D eigenvalue weighted by Gasteiger charge is 2.09. The topological polar surface area (TPSA) is 38.0 Å². The Morgan fingerprint density at radius 3 is 2.20 bits per heavy atom. The summed E-state index contributed by atoms with van der Waals surface area (Å²) < 4.78 is 39.9. The van der Waals surface area contributed by atoms with Gasteiger partial charge in [0.1, 0.15) is 11.6 Å². The van der Waals surface area contributed by atoms with E-state index in [4.69, 9.17) is 5.73 Å². The number of benzene rings is 2. The van der Waals surface area contributed by atoms with Crippen molar-refractivity contribution in [1.82, 2.24) is 0 Å². The highest BCUT2D eigenvalue weighted by molar-refractivity contribution is 5.66. The first kappa shape index (κ1) is 14.2. The van der Waals surface area contributed by atoms with Crippen molar-refractivity contribution >= 4 is 11.4 Å². The van der Waals surface area contributed by atoms with E-state index >= 15 is 0 Å². The fourth-order valence-corrected chi connectivity index (χ4v) is 2.07. The van der Waals surface area contributed by atoms with Crippen LogP contribution in [0.1, 0.15) is 16.7 Å². The molecular weight excluding hydrogens is 265 g/mol. The molecular formula is C15H15F3N2. The smallest absolute Gasteiger partial charge is 0.151 e. The average molecular weight is 280 g/mol. The van der Waals surface area contributed by atoms with E-state index in [9.17, 15) is 13.2 Å². The van der Waals surface area contributed by atoms with Gasteiger partial charge in [0, 0.05) is 12.6 Å². The van der Waals surface area contributed by atoms with Crippen LogP contribution in [0.15, 0.2) is 24.3 Å². The van der Waals surface area contributed by atoms with Crippen LogP contribution in [0.2, 0.25) is 0 Å². The molecule has 0 spiro atoms. The Labute approximate surface area is 115 Å². The van der Waals surface area contributed by atoms with Crippen LogP contribution in [0.5, 0.6) is 0 Å². The Kier molecular flexibility index (Phi) is 3.88. The standard InChI is InChI=1S/C15H15F3N2/c1-8-3-10(4-9(2)14(8)18)7-20-13-6-11(16)5-12(17)15(13)19/h3-6,20H,7,19H2,1-2H3. The maximum absolute atomic E-state index is 13.5. The summed E-state index contributed by atoms with van der Waals surface area (Å²) in [5, 5.41) is 2.86. The monoisotopic (exact) mass is 280 g/mol. The molecule has 2 rings (SSSR count). The highest BCUT2D eigenvalue weighted by Crippen LogP contribution is 2.24. The number of rotatable bonds is 3. The number of nitrogens with two attached hydrogens (primary N) is 1. The lowest BCUT2D eigenvalue weighted by Crippen LogP contribution is -2.05. The molecule has 2 nitrogen and oxygen atoms in total. The fraction of sp³-hybridized carbons (Fsp3) is 0.200. The van der Waals surface area contributed by atoms with E-state index in [2.05, 4.69) is 5.32 Å².